The topological polar surface area (TPSA) is 56.3 Å². The Bertz CT molecular complexity index is 762. The van der Waals surface area contributed by atoms with Gasteiger partial charge in [-0.15, -0.1) is 0 Å². The van der Waals surface area contributed by atoms with Crippen molar-refractivity contribution in [1.29, 1.82) is 0 Å². The SMILES string of the molecule is CCOc1cc(F)c(CS(=O)(=O)c2ncc(Cl)s2)cc1F. The largest absolute Gasteiger partial charge is 0.491 e. The summed E-state index contributed by atoms with van der Waals surface area (Å²) in [5.74, 6) is -2.63. The lowest BCUT2D eigenvalue weighted by Gasteiger charge is -2.08. The van der Waals surface area contributed by atoms with Crippen LogP contribution in [0.3, 0.4) is 0 Å². The Balaban J connectivity index is 2.33. The van der Waals surface area contributed by atoms with Gasteiger partial charge in [-0.05, 0) is 13.0 Å². The van der Waals surface area contributed by atoms with Crippen molar-refractivity contribution < 1.29 is 21.9 Å². The molecule has 9 heteroatoms. The van der Waals surface area contributed by atoms with Crippen molar-refractivity contribution in [1.82, 2.24) is 4.98 Å². The van der Waals surface area contributed by atoms with Crippen LogP contribution in [-0.4, -0.2) is 20.0 Å². The molecule has 2 aromatic rings. The fraction of sp³-hybridized carbons (Fsp3) is 0.250. The highest BCUT2D eigenvalue weighted by Crippen LogP contribution is 2.28. The Morgan fingerprint density at radius 2 is 2.05 bits per heavy atom. The summed E-state index contributed by atoms with van der Waals surface area (Å²) in [6.45, 7) is 1.80. The first-order chi connectivity index (χ1) is 9.83. The lowest BCUT2D eigenvalue weighted by atomic mass is 10.2. The Morgan fingerprint density at radius 3 is 2.62 bits per heavy atom. The van der Waals surface area contributed by atoms with Crippen LogP contribution in [0.15, 0.2) is 22.7 Å². The summed E-state index contributed by atoms with van der Waals surface area (Å²) in [6, 6.07) is 1.64. The Kier molecular flexibility index (Phi) is 4.80. The van der Waals surface area contributed by atoms with Crippen LogP contribution in [0.2, 0.25) is 4.34 Å². The van der Waals surface area contributed by atoms with E-state index in [1.54, 1.807) is 6.92 Å². The van der Waals surface area contributed by atoms with Gasteiger partial charge in [-0.3, -0.25) is 0 Å². The number of thiazole rings is 1. The first kappa shape index (κ1) is 16.1. The normalized spacial score (nSPS) is 11.6. The molecule has 4 nitrogen and oxygen atoms in total. The number of rotatable bonds is 5. The van der Waals surface area contributed by atoms with E-state index in [1.165, 1.54) is 6.20 Å². The third kappa shape index (κ3) is 3.69. The molecule has 21 heavy (non-hydrogen) atoms. The number of ether oxygens (including phenoxy) is 1. The zero-order valence-electron chi connectivity index (χ0n) is 10.8. The van der Waals surface area contributed by atoms with Crippen molar-refractivity contribution >= 4 is 32.8 Å². The van der Waals surface area contributed by atoms with Crippen LogP contribution in [0.1, 0.15) is 12.5 Å². The third-order valence-electron chi connectivity index (χ3n) is 2.47. The molecule has 114 valence electrons. The van der Waals surface area contributed by atoms with Gasteiger partial charge in [0.25, 0.3) is 0 Å². The van der Waals surface area contributed by atoms with Gasteiger partial charge in [0.15, 0.2) is 11.6 Å². The number of nitrogens with zero attached hydrogens (tertiary/aromatic N) is 1. The van der Waals surface area contributed by atoms with Crippen molar-refractivity contribution in [3.63, 3.8) is 0 Å². The molecule has 0 amide bonds. The quantitative estimate of drug-likeness (QED) is 0.826. The van der Waals surface area contributed by atoms with Crippen LogP contribution < -0.4 is 4.74 Å². The van der Waals surface area contributed by atoms with Gasteiger partial charge < -0.3 is 4.74 Å². The second kappa shape index (κ2) is 6.25. The van der Waals surface area contributed by atoms with E-state index in [4.69, 9.17) is 16.3 Å². The van der Waals surface area contributed by atoms with Gasteiger partial charge in [0.2, 0.25) is 14.2 Å². The minimum absolute atomic E-state index is 0.172. The maximum absolute atomic E-state index is 13.9. The van der Waals surface area contributed by atoms with E-state index < -0.39 is 27.2 Å². The molecule has 0 aliphatic rings. The molecule has 0 aliphatic carbocycles. The van der Waals surface area contributed by atoms with Gasteiger partial charge in [-0.25, -0.2) is 22.2 Å². The summed E-state index contributed by atoms with van der Waals surface area (Å²) < 4.78 is 56.5. The second-order valence-electron chi connectivity index (χ2n) is 4.00. The van der Waals surface area contributed by atoms with Crippen LogP contribution in [0.25, 0.3) is 0 Å². The molecule has 0 spiro atoms. The highest BCUT2D eigenvalue weighted by molar-refractivity contribution is 7.92. The number of benzene rings is 1. The molecular formula is C12H10ClF2NO3S2. The highest BCUT2D eigenvalue weighted by Gasteiger charge is 2.23. The number of sulfone groups is 1. The van der Waals surface area contributed by atoms with E-state index in [9.17, 15) is 17.2 Å². The van der Waals surface area contributed by atoms with Crippen LogP contribution in [0.5, 0.6) is 5.75 Å². The molecule has 0 N–H and O–H groups in total. The molecular weight excluding hydrogens is 344 g/mol. The Hall–Kier alpha value is -1.25. The average Bonchev–Trinajstić information content (AvgIpc) is 2.83. The molecule has 0 unspecified atom stereocenters. The zero-order chi connectivity index (χ0) is 15.6. The smallest absolute Gasteiger partial charge is 0.210 e. The summed E-state index contributed by atoms with van der Waals surface area (Å²) in [5.41, 5.74) is -0.290. The molecule has 1 aromatic carbocycles. The Morgan fingerprint density at radius 1 is 1.33 bits per heavy atom. The van der Waals surface area contributed by atoms with Crippen LogP contribution in [-0.2, 0) is 15.6 Å². The van der Waals surface area contributed by atoms with Crippen molar-refractivity contribution in [2.24, 2.45) is 0 Å². The standard InChI is InChI=1S/C12H10ClF2NO3S2/c1-2-19-10-4-8(14)7(3-9(10)15)6-21(17,18)12-16-5-11(13)20-12/h3-5H,2,6H2,1H3. The first-order valence-corrected chi connectivity index (χ1v) is 8.63. The lowest BCUT2D eigenvalue weighted by Crippen LogP contribution is -2.07. The van der Waals surface area contributed by atoms with Gasteiger partial charge in [-0.2, -0.15) is 0 Å². The monoisotopic (exact) mass is 353 g/mol. The van der Waals surface area contributed by atoms with Crippen LogP contribution in [0.4, 0.5) is 8.78 Å². The molecule has 1 heterocycles. The molecule has 0 saturated heterocycles. The van der Waals surface area contributed by atoms with Crippen molar-refractivity contribution in [3.05, 3.63) is 39.9 Å². The Labute approximate surface area is 129 Å². The van der Waals surface area contributed by atoms with E-state index >= 15 is 0 Å². The zero-order valence-corrected chi connectivity index (χ0v) is 13.2. The predicted molar refractivity (Wildman–Crippen MR) is 75.5 cm³/mol. The van der Waals surface area contributed by atoms with Gasteiger partial charge in [-0.1, -0.05) is 22.9 Å². The first-order valence-electron chi connectivity index (χ1n) is 5.78. The maximum atomic E-state index is 13.9. The number of halogens is 3. The van der Waals surface area contributed by atoms with E-state index in [2.05, 4.69) is 4.98 Å². The fourth-order valence-corrected chi connectivity index (χ4v) is 4.30. The van der Waals surface area contributed by atoms with E-state index in [0.29, 0.717) is 0 Å². The summed E-state index contributed by atoms with van der Waals surface area (Å²) in [5, 5.41) is 0. The number of aromatic nitrogens is 1. The highest BCUT2D eigenvalue weighted by atomic mass is 35.5. The lowest BCUT2D eigenvalue weighted by molar-refractivity contribution is 0.319. The number of hydrogen-bond donors (Lipinski definition) is 0. The summed E-state index contributed by atoms with van der Waals surface area (Å²) in [4.78, 5) is 3.64. The predicted octanol–water partition coefficient (Wildman–Crippen LogP) is 3.45. The van der Waals surface area contributed by atoms with Gasteiger partial charge >= 0.3 is 0 Å². The molecule has 0 saturated carbocycles. The van der Waals surface area contributed by atoms with Gasteiger partial charge in [0.1, 0.15) is 10.2 Å². The molecule has 0 aliphatic heterocycles. The minimum Gasteiger partial charge on any atom is -0.491 e. The van der Waals surface area contributed by atoms with Gasteiger partial charge in [0, 0.05) is 11.6 Å². The van der Waals surface area contributed by atoms with E-state index in [1.807, 2.05) is 0 Å². The summed E-state index contributed by atoms with van der Waals surface area (Å²) >= 11 is 6.38. The molecule has 0 fully saturated rings. The van der Waals surface area contributed by atoms with Gasteiger partial charge in [0.05, 0.1) is 18.6 Å². The van der Waals surface area contributed by atoms with Crippen molar-refractivity contribution in [2.45, 2.75) is 17.0 Å². The summed E-state index contributed by atoms with van der Waals surface area (Å²) in [6.07, 6.45) is 1.19. The minimum atomic E-state index is -3.88. The third-order valence-corrected chi connectivity index (χ3v) is 5.72. The van der Waals surface area contributed by atoms with Crippen molar-refractivity contribution in [3.8, 4) is 5.75 Å². The molecule has 1 aromatic heterocycles. The number of hydrogen-bond acceptors (Lipinski definition) is 5. The summed E-state index contributed by atoms with van der Waals surface area (Å²) in [7, 11) is -3.88. The van der Waals surface area contributed by atoms with Crippen molar-refractivity contribution in [2.75, 3.05) is 6.61 Å². The van der Waals surface area contributed by atoms with Crippen LogP contribution >= 0.6 is 22.9 Å². The molecule has 0 radical (unpaired) electrons. The molecule has 2 rings (SSSR count). The maximum Gasteiger partial charge on any atom is 0.210 e. The van der Waals surface area contributed by atoms with E-state index in [-0.39, 0.29) is 26.6 Å². The van der Waals surface area contributed by atoms with Crippen LogP contribution in [0, 0.1) is 11.6 Å². The second-order valence-corrected chi connectivity index (χ2v) is 7.82. The average molecular weight is 354 g/mol. The molecule has 0 atom stereocenters. The molecule has 0 bridgehead atoms. The fourth-order valence-electron chi connectivity index (χ4n) is 1.60. The van der Waals surface area contributed by atoms with E-state index in [0.717, 1.165) is 23.5 Å².